The molecule has 1 amide bonds. The van der Waals surface area contributed by atoms with Crippen molar-refractivity contribution in [2.45, 2.75) is 36.5 Å². The zero-order valence-corrected chi connectivity index (χ0v) is 12.4. The Morgan fingerprint density at radius 1 is 1.27 bits per heavy atom. The van der Waals surface area contributed by atoms with Crippen molar-refractivity contribution in [1.29, 1.82) is 0 Å². The molecule has 1 saturated heterocycles. The summed E-state index contributed by atoms with van der Waals surface area (Å²) < 4.78 is 38.6. The molecule has 7 heteroatoms. The van der Waals surface area contributed by atoms with Gasteiger partial charge in [-0.05, 0) is 30.5 Å². The van der Waals surface area contributed by atoms with Gasteiger partial charge in [-0.15, -0.1) is 0 Å². The summed E-state index contributed by atoms with van der Waals surface area (Å²) in [4.78, 5) is 13.8. The van der Waals surface area contributed by atoms with Gasteiger partial charge in [-0.25, -0.2) is 0 Å². The summed E-state index contributed by atoms with van der Waals surface area (Å²) >= 11 is 5.93. The summed E-state index contributed by atoms with van der Waals surface area (Å²) in [5.74, 6) is -0.352. The molecule has 0 aromatic heterocycles. The first-order valence-electron chi connectivity index (χ1n) is 7.03. The molecule has 3 nitrogen and oxygen atoms in total. The molecule has 3 rings (SSSR count). The molecule has 120 valence electrons. The standard InChI is InChI=1S/C15H15ClF3NO2/c16-11-3-1-2-10(8-11)13(4-5-13)12(21)20-7-6-14(22,9-20)15(17,18)19/h1-3,8,22H,4-7,9H2. The minimum Gasteiger partial charge on any atom is -0.379 e. The first kappa shape index (κ1) is 15.6. The van der Waals surface area contributed by atoms with Crippen molar-refractivity contribution in [1.82, 2.24) is 4.90 Å². The Labute approximate surface area is 130 Å². The molecule has 1 aromatic rings. The number of halogens is 4. The average Bonchev–Trinajstić information content (AvgIpc) is 3.14. The summed E-state index contributed by atoms with van der Waals surface area (Å²) in [7, 11) is 0. The zero-order chi connectivity index (χ0) is 16.2. The molecule has 1 heterocycles. The normalized spacial score (nSPS) is 27.0. The molecule has 2 fully saturated rings. The van der Waals surface area contributed by atoms with Crippen molar-refractivity contribution < 1.29 is 23.1 Å². The topological polar surface area (TPSA) is 40.5 Å². The highest BCUT2D eigenvalue weighted by Crippen LogP contribution is 2.51. The van der Waals surface area contributed by atoms with Crippen molar-refractivity contribution in [3.63, 3.8) is 0 Å². The molecule has 1 N–H and O–H groups in total. The van der Waals surface area contributed by atoms with Gasteiger partial charge in [-0.1, -0.05) is 23.7 Å². The van der Waals surface area contributed by atoms with E-state index in [0.29, 0.717) is 17.9 Å². The Bertz CT molecular complexity index is 615. The van der Waals surface area contributed by atoms with E-state index in [2.05, 4.69) is 0 Å². The molecule has 22 heavy (non-hydrogen) atoms. The van der Waals surface area contributed by atoms with Crippen LogP contribution in [0, 0.1) is 0 Å². The van der Waals surface area contributed by atoms with Crippen LogP contribution < -0.4 is 0 Å². The Morgan fingerprint density at radius 2 is 1.95 bits per heavy atom. The van der Waals surface area contributed by atoms with E-state index in [1.54, 1.807) is 24.3 Å². The monoisotopic (exact) mass is 333 g/mol. The van der Waals surface area contributed by atoms with Crippen molar-refractivity contribution >= 4 is 17.5 Å². The van der Waals surface area contributed by atoms with E-state index >= 15 is 0 Å². The van der Waals surface area contributed by atoms with Crippen molar-refractivity contribution in [3.8, 4) is 0 Å². The molecule has 1 aliphatic carbocycles. The summed E-state index contributed by atoms with van der Waals surface area (Å²) in [6, 6.07) is 6.85. The number of nitrogens with zero attached hydrogens (tertiary/aromatic N) is 1. The van der Waals surface area contributed by atoms with Gasteiger partial charge in [0.15, 0.2) is 5.60 Å². The van der Waals surface area contributed by atoms with Crippen LogP contribution in [-0.4, -0.2) is 40.8 Å². The average molecular weight is 334 g/mol. The smallest absolute Gasteiger partial charge is 0.379 e. The van der Waals surface area contributed by atoms with E-state index in [4.69, 9.17) is 11.6 Å². The Morgan fingerprint density at radius 3 is 2.45 bits per heavy atom. The molecular formula is C15H15ClF3NO2. The van der Waals surface area contributed by atoms with Crippen LogP contribution in [0.2, 0.25) is 5.02 Å². The maximum atomic E-state index is 12.9. The number of β-amino-alcohol motifs (C(OH)–C–C–N with tert-alkyl or cyclic N) is 1. The molecule has 1 unspecified atom stereocenters. The SMILES string of the molecule is O=C(N1CCC(O)(C(F)(F)F)C1)C1(c2cccc(Cl)c2)CC1. The van der Waals surface area contributed by atoms with Gasteiger partial charge < -0.3 is 10.0 Å². The van der Waals surface area contributed by atoms with E-state index in [1.165, 1.54) is 0 Å². The first-order chi connectivity index (χ1) is 10.2. The predicted octanol–water partition coefficient (Wildman–Crippen LogP) is 2.90. The molecule has 0 bridgehead atoms. The van der Waals surface area contributed by atoms with Crippen LogP contribution in [0.15, 0.2) is 24.3 Å². The Balaban J connectivity index is 1.81. The number of amides is 1. The summed E-state index contributed by atoms with van der Waals surface area (Å²) in [6.45, 7) is -0.783. The lowest BCUT2D eigenvalue weighted by atomic mass is 9.94. The van der Waals surface area contributed by atoms with Crippen LogP contribution in [-0.2, 0) is 10.2 Å². The highest BCUT2D eigenvalue weighted by Gasteiger charge is 2.61. The number of alkyl halides is 3. The number of carbonyl (C=O) groups is 1. The second kappa shape index (κ2) is 4.86. The Hall–Kier alpha value is -1.27. The summed E-state index contributed by atoms with van der Waals surface area (Å²) in [5, 5.41) is 10.2. The molecule has 1 aromatic carbocycles. The molecule has 1 saturated carbocycles. The third-order valence-corrected chi connectivity index (χ3v) is 4.83. The number of carbonyl (C=O) groups excluding carboxylic acids is 1. The van der Waals surface area contributed by atoms with Gasteiger partial charge >= 0.3 is 6.18 Å². The van der Waals surface area contributed by atoms with Gasteiger partial charge in [-0.2, -0.15) is 13.2 Å². The fourth-order valence-corrected chi connectivity index (χ4v) is 3.23. The largest absolute Gasteiger partial charge is 0.419 e. The minimum atomic E-state index is -4.73. The lowest BCUT2D eigenvalue weighted by Gasteiger charge is -2.28. The number of hydrogen-bond acceptors (Lipinski definition) is 2. The maximum absolute atomic E-state index is 12.9. The van der Waals surface area contributed by atoms with E-state index in [-0.39, 0.29) is 12.5 Å². The molecule has 0 radical (unpaired) electrons. The van der Waals surface area contributed by atoms with Gasteiger partial charge in [-0.3, -0.25) is 4.79 Å². The highest BCUT2D eigenvalue weighted by molar-refractivity contribution is 6.30. The third-order valence-electron chi connectivity index (χ3n) is 4.60. The van der Waals surface area contributed by atoms with Crippen LogP contribution in [0.25, 0.3) is 0 Å². The van der Waals surface area contributed by atoms with Gasteiger partial charge in [0.05, 0.1) is 12.0 Å². The lowest BCUT2D eigenvalue weighted by molar-refractivity contribution is -0.253. The maximum Gasteiger partial charge on any atom is 0.419 e. The summed E-state index contributed by atoms with van der Waals surface area (Å²) in [6.07, 6.45) is -4.02. The molecule has 1 aliphatic heterocycles. The molecule has 1 atom stereocenters. The summed E-state index contributed by atoms with van der Waals surface area (Å²) in [5.41, 5.74) is -2.85. The van der Waals surface area contributed by atoms with Crippen molar-refractivity contribution in [2.75, 3.05) is 13.1 Å². The number of hydrogen-bond donors (Lipinski definition) is 1. The van der Waals surface area contributed by atoms with Gasteiger partial charge in [0.25, 0.3) is 0 Å². The quantitative estimate of drug-likeness (QED) is 0.904. The number of likely N-dealkylation sites (tertiary alicyclic amines) is 1. The van der Waals surface area contributed by atoms with E-state index in [1.807, 2.05) is 0 Å². The van der Waals surface area contributed by atoms with Gasteiger partial charge in [0, 0.05) is 18.0 Å². The third kappa shape index (κ3) is 2.38. The van der Waals surface area contributed by atoms with Crippen LogP contribution >= 0.6 is 11.6 Å². The second-order valence-electron chi connectivity index (χ2n) is 6.10. The first-order valence-corrected chi connectivity index (χ1v) is 7.40. The lowest BCUT2D eigenvalue weighted by Crippen LogP contribution is -2.49. The van der Waals surface area contributed by atoms with Crippen LogP contribution in [0.3, 0.4) is 0 Å². The van der Waals surface area contributed by atoms with Crippen LogP contribution in [0.5, 0.6) is 0 Å². The van der Waals surface area contributed by atoms with Gasteiger partial charge in [0.2, 0.25) is 5.91 Å². The predicted molar refractivity (Wildman–Crippen MR) is 74.6 cm³/mol. The van der Waals surface area contributed by atoms with Crippen LogP contribution in [0.1, 0.15) is 24.8 Å². The number of aliphatic hydroxyl groups is 1. The fourth-order valence-electron chi connectivity index (χ4n) is 3.04. The van der Waals surface area contributed by atoms with E-state index in [9.17, 15) is 23.1 Å². The number of rotatable bonds is 2. The van der Waals surface area contributed by atoms with Crippen molar-refractivity contribution in [2.24, 2.45) is 0 Å². The number of benzene rings is 1. The highest BCUT2D eigenvalue weighted by atomic mass is 35.5. The molecular weight excluding hydrogens is 319 g/mol. The molecule has 0 spiro atoms. The Kier molecular flexibility index (Phi) is 3.45. The fraction of sp³-hybridized carbons (Fsp3) is 0.533. The minimum absolute atomic E-state index is 0.0862. The van der Waals surface area contributed by atoms with Crippen molar-refractivity contribution in [3.05, 3.63) is 34.9 Å². The van der Waals surface area contributed by atoms with Crippen LogP contribution in [0.4, 0.5) is 13.2 Å². The second-order valence-corrected chi connectivity index (χ2v) is 6.53. The van der Waals surface area contributed by atoms with E-state index in [0.717, 1.165) is 10.5 Å². The van der Waals surface area contributed by atoms with Gasteiger partial charge in [0.1, 0.15) is 0 Å². The molecule has 2 aliphatic rings. The van der Waals surface area contributed by atoms with E-state index < -0.39 is 30.2 Å². The zero-order valence-electron chi connectivity index (χ0n) is 11.7.